The quantitative estimate of drug-likeness (QED) is 0.922. The van der Waals surface area contributed by atoms with E-state index in [1.807, 2.05) is 0 Å². The first kappa shape index (κ1) is 12.0. The first-order valence-corrected chi connectivity index (χ1v) is 5.87. The van der Waals surface area contributed by atoms with Crippen LogP contribution in [0.1, 0.15) is 24.5 Å². The molecule has 0 amide bonds. The van der Waals surface area contributed by atoms with Crippen molar-refractivity contribution in [3.05, 3.63) is 47.7 Å². The summed E-state index contributed by atoms with van der Waals surface area (Å²) >= 11 is 0. The number of hydrogen-bond acceptors (Lipinski definition) is 3. The highest BCUT2D eigenvalue weighted by Gasteiger charge is 2.29. The van der Waals surface area contributed by atoms with Gasteiger partial charge in [-0.05, 0) is 25.0 Å². The van der Waals surface area contributed by atoms with Crippen molar-refractivity contribution in [1.29, 1.82) is 0 Å². The van der Waals surface area contributed by atoms with Crippen LogP contribution in [0.5, 0.6) is 0 Å². The fraction of sp³-hybridized carbons (Fsp3) is 0.231. The Kier molecular flexibility index (Phi) is 2.85. The third-order valence-electron chi connectivity index (χ3n) is 2.96. The van der Waals surface area contributed by atoms with Gasteiger partial charge < -0.3 is 5.32 Å². The molecule has 2 aromatic rings. The lowest BCUT2D eigenvalue weighted by Crippen LogP contribution is -2.04. The predicted octanol–water partition coefficient (Wildman–Crippen LogP) is 3.51. The summed E-state index contributed by atoms with van der Waals surface area (Å²) in [4.78, 5) is 7.65. The number of benzene rings is 1. The van der Waals surface area contributed by atoms with Crippen molar-refractivity contribution in [2.45, 2.75) is 18.8 Å². The van der Waals surface area contributed by atoms with Gasteiger partial charge in [-0.25, -0.2) is 23.1 Å². The minimum absolute atomic E-state index is 0.0271. The topological polar surface area (TPSA) is 37.8 Å². The van der Waals surface area contributed by atoms with Crippen LogP contribution in [-0.4, -0.2) is 9.97 Å². The smallest absolute Gasteiger partial charge is 0.187 e. The Hall–Kier alpha value is -2.11. The summed E-state index contributed by atoms with van der Waals surface area (Å²) in [7, 11) is 0. The summed E-state index contributed by atoms with van der Waals surface area (Å²) in [6.45, 7) is 0. The molecule has 0 unspecified atom stereocenters. The Labute approximate surface area is 107 Å². The number of hydrogen-bond donors (Lipinski definition) is 1. The minimum Gasteiger partial charge on any atom is -0.335 e. The normalized spacial score (nSPS) is 14.5. The van der Waals surface area contributed by atoms with Gasteiger partial charge in [0.1, 0.15) is 18.0 Å². The van der Waals surface area contributed by atoms with E-state index in [4.69, 9.17) is 0 Å². The Morgan fingerprint density at radius 1 is 1.11 bits per heavy atom. The van der Waals surface area contributed by atoms with E-state index in [0.717, 1.165) is 25.0 Å². The van der Waals surface area contributed by atoms with Crippen molar-refractivity contribution in [3.8, 4) is 0 Å². The Morgan fingerprint density at radius 2 is 1.89 bits per heavy atom. The summed E-state index contributed by atoms with van der Waals surface area (Å²) in [5, 5.41) is 2.52. The SMILES string of the molecule is Fc1ccc(Nc2ncnc(C3CC3)c2F)c(F)c1. The molecule has 1 heterocycles. The van der Waals surface area contributed by atoms with Gasteiger partial charge in [0.2, 0.25) is 0 Å². The summed E-state index contributed by atoms with van der Waals surface area (Å²) < 4.78 is 40.3. The average molecular weight is 265 g/mol. The summed E-state index contributed by atoms with van der Waals surface area (Å²) in [6.07, 6.45) is 3.04. The van der Waals surface area contributed by atoms with Gasteiger partial charge in [-0.2, -0.15) is 0 Å². The van der Waals surface area contributed by atoms with Gasteiger partial charge in [0.05, 0.1) is 11.4 Å². The van der Waals surface area contributed by atoms with E-state index in [1.54, 1.807) is 0 Å². The van der Waals surface area contributed by atoms with Crippen LogP contribution >= 0.6 is 0 Å². The number of nitrogens with one attached hydrogen (secondary N) is 1. The number of nitrogens with zero attached hydrogens (tertiary/aromatic N) is 2. The molecule has 0 aliphatic heterocycles. The van der Waals surface area contributed by atoms with Crippen LogP contribution in [-0.2, 0) is 0 Å². The van der Waals surface area contributed by atoms with Crippen molar-refractivity contribution in [2.75, 3.05) is 5.32 Å². The molecule has 1 fully saturated rings. The summed E-state index contributed by atoms with van der Waals surface area (Å²) in [5.41, 5.74) is 0.320. The molecule has 3 rings (SSSR count). The van der Waals surface area contributed by atoms with Gasteiger partial charge >= 0.3 is 0 Å². The number of aromatic nitrogens is 2. The zero-order valence-corrected chi connectivity index (χ0v) is 9.83. The maximum atomic E-state index is 14.1. The van der Waals surface area contributed by atoms with Gasteiger partial charge in [-0.3, -0.25) is 0 Å². The fourth-order valence-electron chi connectivity index (χ4n) is 1.83. The summed E-state index contributed by atoms with van der Waals surface area (Å²) in [6, 6.07) is 3.01. The van der Waals surface area contributed by atoms with Gasteiger partial charge in [-0.15, -0.1) is 0 Å². The molecule has 1 N–H and O–H groups in total. The molecule has 1 aliphatic rings. The van der Waals surface area contributed by atoms with E-state index >= 15 is 0 Å². The summed E-state index contributed by atoms with van der Waals surface area (Å²) in [5.74, 6) is -2.03. The van der Waals surface area contributed by atoms with Crippen LogP contribution in [0.25, 0.3) is 0 Å². The molecule has 0 spiro atoms. The molecule has 0 radical (unpaired) electrons. The predicted molar refractivity (Wildman–Crippen MR) is 63.6 cm³/mol. The monoisotopic (exact) mass is 265 g/mol. The lowest BCUT2D eigenvalue weighted by Gasteiger charge is -2.09. The van der Waals surface area contributed by atoms with E-state index in [-0.39, 0.29) is 17.4 Å². The van der Waals surface area contributed by atoms with Gasteiger partial charge in [-0.1, -0.05) is 0 Å². The largest absolute Gasteiger partial charge is 0.335 e. The minimum atomic E-state index is -0.800. The number of rotatable bonds is 3. The van der Waals surface area contributed by atoms with Crippen molar-refractivity contribution in [2.24, 2.45) is 0 Å². The Morgan fingerprint density at radius 3 is 2.58 bits per heavy atom. The first-order valence-electron chi connectivity index (χ1n) is 5.87. The second-order valence-electron chi connectivity index (χ2n) is 4.44. The van der Waals surface area contributed by atoms with E-state index in [2.05, 4.69) is 15.3 Å². The van der Waals surface area contributed by atoms with Crippen LogP contribution in [0, 0.1) is 17.5 Å². The highest BCUT2D eigenvalue weighted by Crippen LogP contribution is 2.41. The molecule has 3 nitrogen and oxygen atoms in total. The molecule has 1 aliphatic carbocycles. The molecule has 0 saturated heterocycles. The molecule has 1 aromatic heterocycles. The van der Waals surface area contributed by atoms with Gasteiger partial charge in [0, 0.05) is 12.0 Å². The van der Waals surface area contributed by atoms with E-state index < -0.39 is 17.5 Å². The fourth-order valence-corrected chi connectivity index (χ4v) is 1.83. The molecule has 0 bridgehead atoms. The van der Waals surface area contributed by atoms with E-state index in [1.165, 1.54) is 12.4 Å². The second-order valence-corrected chi connectivity index (χ2v) is 4.44. The number of halogens is 3. The van der Waals surface area contributed by atoms with Crippen molar-refractivity contribution < 1.29 is 13.2 Å². The van der Waals surface area contributed by atoms with Crippen LogP contribution in [0.4, 0.5) is 24.7 Å². The first-order chi connectivity index (χ1) is 9.15. The third-order valence-corrected chi connectivity index (χ3v) is 2.96. The second kappa shape index (κ2) is 4.53. The van der Waals surface area contributed by atoms with Crippen LogP contribution in [0.2, 0.25) is 0 Å². The van der Waals surface area contributed by atoms with Crippen molar-refractivity contribution >= 4 is 11.5 Å². The molecule has 6 heteroatoms. The van der Waals surface area contributed by atoms with Gasteiger partial charge in [0.25, 0.3) is 0 Å². The molecule has 0 atom stereocenters. The molecule has 19 heavy (non-hydrogen) atoms. The van der Waals surface area contributed by atoms with E-state index in [0.29, 0.717) is 5.69 Å². The van der Waals surface area contributed by atoms with Crippen molar-refractivity contribution in [3.63, 3.8) is 0 Å². The third kappa shape index (κ3) is 2.38. The van der Waals surface area contributed by atoms with Crippen LogP contribution in [0.3, 0.4) is 0 Å². The molecule has 98 valence electrons. The van der Waals surface area contributed by atoms with Crippen LogP contribution < -0.4 is 5.32 Å². The van der Waals surface area contributed by atoms with E-state index in [9.17, 15) is 13.2 Å². The Balaban J connectivity index is 1.92. The Bertz CT molecular complexity index is 627. The average Bonchev–Trinajstić information content (AvgIpc) is 3.19. The zero-order valence-electron chi connectivity index (χ0n) is 9.83. The maximum Gasteiger partial charge on any atom is 0.187 e. The molecular formula is C13H10F3N3. The van der Waals surface area contributed by atoms with Crippen molar-refractivity contribution in [1.82, 2.24) is 9.97 Å². The molecule has 1 aromatic carbocycles. The zero-order chi connectivity index (χ0) is 13.4. The molecular weight excluding hydrogens is 255 g/mol. The highest BCUT2D eigenvalue weighted by atomic mass is 19.1. The lowest BCUT2D eigenvalue weighted by atomic mass is 10.2. The van der Waals surface area contributed by atoms with Gasteiger partial charge in [0.15, 0.2) is 11.6 Å². The van der Waals surface area contributed by atoms with Crippen LogP contribution in [0.15, 0.2) is 24.5 Å². The maximum absolute atomic E-state index is 14.1. The lowest BCUT2D eigenvalue weighted by molar-refractivity contribution is 0.583. The number of anilines is 2. The standard InChI is InChI=1S/C13H10F3N3/c14-8-3-4-10(9(15)5-8)19-13-11(16)12(7-1-2-7)17-6-18-13/h3-7H,1-2H2,(H,17,18,19). The molecule has 1 saturated carbocycles. The highest BCUT2D eigenvalue weighted by molar-refractivity contribution is 5.57.